The molecule has 0 saturated carbocycles. The Bertz CT molecular complexity index is 702. The average Bonchev–Trinajstić information content (AvgIpc) is 3.35. The van der Waals surface area contributed by atoms with Gasteiger partial charge in [-0.15, -0.1) is 24.0 Å². The Hall–Kier alpha value is -1.25. The van der Waals surface area contributed by atoms with Crippen molar-refractivity contribution in [3.05, 3.63) is 59.0 Å². The van der Waals surface area contributed by atoms with Gasteiger partial charge in [-0.3, -0.25) is 9.89 Å². The molecular weight excluding hydrogens is 475 g/mol. The first kappa shape index (κ1) is 22.0. The fourth-order valence-electron chi connectivity index (χ4n) is 3.38. The Kier molecular flexibility index (Phi) is 9.44. The Balaban J connectivity index is 0.00000261. The van der Waals surface area contributed by atoms with Crippen LogP contribution in [0.1, 0.15) is 30.2 Å². The summed E-state index contributed by atoms with van der Waals surface area (Å²) in [5, 5.41) is 7.59. The van der Waals surface area contributed by atoms with E-state index in [1.165, 1.54) is 18.4 Å². The summed E-state index contributed by atoms with van der Waals surface area (Å²) >= 11 is 6.04. The van der Waals surface area contributed by atoms with Crippen molar-refractivity contribution in [2.24, 2.45) is 4.99 Å². The van der Waals surface area contributed by atoms with Crippen molar-refractivity contribution in [2.45, 2.75) is 25.3 Å². The largest absolute Gasteiger partial charge is 0.468 e. The number of hydrogen-bond acceptors (Lipinski definition) is 3. The lowest BCUT2D eigenvalue weighted by molar-refractivity contribution is 0.215. The number of guanidine groups is 1. The van der Waals surface area contributed by atoms with E-state index in [-0.39, 0.29) is 30.0 Å². The van der Waals surface area contributed by atoms with Gasteiger partial charge >= 0.3 is 0 Å². The summed E-state index contributed by atoms with van der Waals surface area (Å²) in [6, 6.07) is 12.2. The molecule has 5 nitrogen and oxygen atoms in total. The van der Waals surface area contributed by atoms with Crippen molar-refractivity contribution in [2.75, 3.05) is 33.2 Å². The summed E-state index contributed by atoms with van der Waals surface area (Å²) in [7, 11) is 1.80. The lowest BCUT2D eigenvalue weighted by atomic mass is 10.1. The normalized spacial score (nSPS) is 16.0. The molecular formula is C20H28ClIN4O. The zero-order chi connectivity index (χ0) is 18.2. The highest BCUT2D eigenvalue weighted by Gasteiger charge is 2.25. The Morgan fingerprint density at radius 2 is 2.04 bits per heavy atom. The first-order valence-corrected chi connectivity index (χ1v) is 9.60. The third-order valence-electron chi connectivity index (χ3n) is 4.73. The molecule has 2 heterocycles. The summed E-state index contributed by atoms with van der Waals surface area (Å²) in [4.78, 5) is 6.81. The third kappa shape index (κ3) is 6.69. The highest BCUT2D eigenvalue weighted by molar-refractivity contribution is 14.0. The van der Waals surface area contributed by atoms with E-state index in [2.05, 4.69) is 32.7 Å². The predicted octanol–water partition coefficient (Wildman–Crippen LogP) is 4.10. The lowest BCUT2D eigenvalue weighted by Gasteiger charge is -2.26. The molecule has 0 bridgehead atoms. The minimum Gasteiger partial charge on any atom is -0.468 e. The number of furan rings is 1. The van der Waals surface area contributed by atoms with Gasteiger partial charge in [-0.1, -0.05) is 23.7 Å². The second-order valence-electron chi connectivity index (χ2n) is 6.53. The number of rotatable bonds is 7. The third-order valence-corrected chi connectivity index (χ3v) is 4.97. The van der Waals surface area contributed by atoms with Crippen molar-refractivity contribution < 1.29 is 4.42 Å². The highest BCUT2D eigenvalue weighted by atomic mass is 127. The maximum atomic E-state index is 6.04. The summed E-state index contributed by atoms with van der Waals surface area (Å²) in [5.74, 6) is 1.82. The summed E-state index contributed by atoms with van der Waals surface area (Å²) in [6.07, 6.45) is 5.15. The van der Waals surface area contributed by atoms with Crippen LogP contribution in [0.15, 0.2) is 52.1 Å². The van der Waals surface area contributed by atoms with Gasteiger partial charge in [-0.2, -0.15) is 0 Å². The van der Waals surface area contributed by atoms with Crippen LogP contribution in [0.2, 0.25) is 5.02 Å². The number of benzene rings is 1. The Morgan fingerprint density at radius 1 is 1.22 bits per heavy atom. The minimum atomic E-state index is 0. The molecule has 2 aromatic rings. The number of nitrogens with one attached hydrogen (secondary N) is 2. The minimum absolute atomic E-state index is 0. The van der Waals surface area contributed by atoms with E-state index in [1.54, 1.807) is 13.3 Å². The van der Waals surface area contributed by atoms with Gasteiger partial charge in [0.15, 0.2) is 5.96 Å². The number of aliphatic imine (C=N–C) groups is 1. The SMILES string of the molecule is CN=C(NCCc1cccc(Cl)c1)NCC(c1ccco1)N1CCCC1.I. The first-order chi connectivity index (χ1) is 12.8. The molecule has 1 aliphatic heterocycles. The quantitative estimate of drug-likeness (QED) is 0.340. The standard InChI is InChI=1S/C20H27ClN4O.HI/c1-22-20(23-10-9-16-6-4-7-17(21)14-16)24-15-18(19-8-5-13-26-19)25-11-2-3-12-25;/h4-8,13-14,18H,2-3,9-12,15H2,1H3,(H2,22,23,24);1H. The second-order valence-corrected chi connectivity index (χ2v) is 6.97. The van der Waals surface area contributed by atoms with E-state index in [9.17, 15) is 0 Å². The average molecular weight is 503 g/mol. The zero-order valence-corrected chi connectivity index (χ0v) is 18.7. The Morgan fingerprint density at radius 3 is 2.70 bits per heavy atom. The molecule has 7 heteroatoms. The second kappa shape index (κ2) is 11.6. The van der Waals surface area contributed by atoms with Crippen LogP contribution in [-0.4, -0.2) is 44.1 Å². The van der Waals surface area contributed by atoms with Gasteiger partial charge in [0.25, 0.3) is 0 Å². The monoisotopic (exact) mass is 502 g/mol. The molecule has 0 spiro atoms. The molecule has 0 radical (unpaired) electrons. The van der Waals surface area contributed by atoms with Gasteiger partial charge < -0.3 is 15.1 Å². The van der Waals surface area contributed by atoms with Gasteiger partial charge in [-0.25, -0.2) is 0 Å². The van der Waals surface area contributed by atoms with E-state index >= 15 is 0 Å². The lowest BCUT2D eigenvalue weighted by Crippen LogP contribution is -2.43. The van der Waals surface area contributed by atoms with E-state index in [4.69, 9.17) is 16.0 Å². The molecule has 1 aliphatic rings. The highest BCUT2D eigenvalue weighted by Crippen LogP contribution is 2.24. The van der Waals surface area contributed by atoms with Gasteiger partial charge in [0.1, 0.15) is 5.76 Å². The number of halogens is 2. The molecule has 27 heavy (non-hydrogen) atoms. The van der Waals surface area contributed by atoms with Crippen molar-refractivity contribution in [1.82, 2.24) is 15.5 Å². The molecule has 3 rings (SSSR count). The summed E-state index contributed by atoms with van der Waals surface area (Å²) < 4.78 is 5.67. The van der Waals surface area contributed by atoms with Crippen molar-refractivity contribution in [3.63, 3.8) is 0 Å². The van der Waals surface area contributed by atoms with Crippen LogP contribution in [0.5, 0.6) is 0 Å². The summed E-state index contributed by atoms with van der Waals surface area (Å²) in [6.45, 7) is 3.81. The van der Waals surface area contributed by atoms with Crippen molar-refractivity contribution in [1.29, 1.82) is 0 Å². The number of likely N-dealkylation sites (tertiary alicyclic amines) is 1. The maximum Gasteiger partial charge on any atom is 0.191 e. The van der Waals surface area contributed by atoms with E-state index < -0.39 is 0 Å². The van der Waals surface area contributed by atoms with Crippen molar-refractivity contribution in [3.8, 4) is 0 Å². The van der Waals surface area contributed by atoms with Gasteiger partial charge in [0, 0.05) is 25.2 Å². The molecule has 0 aliphatic carbocycles. The van der Waals surface area contributed by atoms with Gasteiger partial charge in [-0.05, 0) is 62.2 Å². The van der Waals surface area contributed by atoms with Crippen LogP contribution < -0.4 is 10.6 Å². The van der Waals surface area contributed by atoms with E-state index in [1.807, 2.05) is 24.3 Å². The molecule has 1 aromatic heterocycles. The Labute approximate surface area is 183 Å². The molecule has 1 fully saturated rings. The van der Waals surface area contributed by atoms with Crippen LogP contribution in [0.25, 0.3) is 0 Å². The number of nitrogens with zero attached hydrogens (tertiary/aromatic N) is 2. The molecule has 0 amide bonds. The van der Waals surface area contributed by atoms with Crippen LogP contribution in [0, 0.1) is 0 Å². The molecule has 148 valence electrons. The fraction of sp³-hybridized carbons (Fsp3) is 0.450. The van der Waals surface area contributed by atoms with Crippen LogP contribution in [-0.2, 0) is 6.42 Å². The number of hydrogen-bond donors (Lipinski definition) is 2. The molecule has 2 N–H and O–H groups in total. The van der Waals surface area contributed by atoms with Gasteiger partial charge in [0.2, 0.25) is 0 Å². The smallest absolute Gasteiger partial charge is 0.191 e. The molecule has 1 atom stereocenters. The van der Waals surface area contributed by atoms with Crippen molar-refractivity contribution >= 4 is 41.5 Å². The fourth-order valence-corrected chi connectivity index (χ4v) is 3.59. The van der Waals surface area contributed by atoms with Crippen LogP contribution >= 0.6 is 35.6 Å². The maximum absolute atomic E-state index is 6.04. The predicted molar refractivity (Wildman–Crippen MR) is 122 cm³/mol. The van der Waals surface area contributed by atoms with E-state index in [0.29, 0.717) is 0 Å². The topological polar surface area (TPSA) is 52.8 Å². The van der Waals surface area contributed by atoms with Crippen LogP contribution in [0.3, 0.4) is 0 Å². The molecule has 1 aromatic carbocycles. The summed E-state index contributed by atoms with van der Waals surface area (Å²) in [5.41, 5.74) is 1.21. The van der Waals surface area contributed by atoms with Gasteiger partial charge in [0.05, 0.1) is 12.3 Å². The zero-order valence-electron chi connectivity index (χ0n) is 15.7. The molecule has 1 unspecified atom stereocenters. The van der Waals surface area contributed by atoms with E-state index in [0.717, 1.165) is 49.3 Å². The van der Waals surface area contributed by atoms with Crippen LogP contribution in [0.4, 0.5) is 0 Å². The first-order valence-electron chi connectivity index (χ1n) is 9.22. The molecule has 1 saturated heterocycles.